The van der Waals surface area contributed by atoms with Crippen LogP contribution in [0.3, 0.4) is 0 Å². The van der Waals surface area contributed by atoms with Gasteiger partial charge in [-0.1, -0.05) is 30.3 Å². The molecule has 0 atom stereocenters. The van der Waals surface area contributed by atoms with Gasteiger partial charge in [0.1, 0.15) is 6.54 Å². The van der Waals surface area contributed by atoms with Crippen molar-refractivity contribution in [3.63, 3.8) is 0 Å². The second kappa shape index (κ2) is 3.91. The highest BCUT2D eigenvalue weighted by Crippen LogP contribution is 2.32. The van der Waals surface area contributed by atoms with Gasteiger partial charge >= 0.3 is 0 Å². The minimum absolute atomic E-state index is 0.969. The lowest BCUT2D eigenvalue weighted by atomic mass is 10.1. The molecule has 0 saturated heterocycles. The van der Waals surface area contributed by atoms with Gasteiger partial charge in [0, 0.05) is 5.56 Å². The Hall–Kier alpha value is -1.34. The largest absolute Gasteiger partial charge is 0.327 e. The molecule has 0 aromatic rings. The molecule has 1 nitrogen and oxygen atoms in total. The van der Waals surface area contributed by atoms with Crippen molar-refractivity contribution in [2.24, 2.45) is 0 Å². The molecule has 0 bridgehead atoms. The lowest BCUT2D eigenvalue weighted by molar-refractivity contribution is -0.883. The zero-order valence-corrected chi connectivity index (χ0v) is 10.6. The molecule has 0 radical (unpaired) electrons. The van der Waals surface area contributed by atoms with E-state index in [0.29, 0.717) is 0 Å². The Morgan fingerprint density at radius 3 is 2.19 bits per heavy atom. The standard InChI is InChI=1S/C15H20N/c1-12-10-13(11-16(2,3)4)15-9-7-5-6-8-14(12)15/h5-10H,11H2,1-4H3/q+1. The zero-order chi connectivity index (χ0) is 11.8. The van der Waals surface area contributed by atoms with Gasteiger partial charge in [0.15, 0.2) is 0 Å². The summed E-state index contributed by atoms with van der Waals surface area (Å²) in [5.74, 6) is 0. The van der Waals surface area contributed by atoms with Crippen LogP contribution < -0.4 is 0 Å². The summed E-state index contributed by atoms with van der Waals surface area (Å²) < 4.78 is 0.969. The van der Waals surface area contributed by atoms with Gasteiger partial charge in [-0.2, -0.15) is 0 Å². The Kier molecular flexibility index (Phi) is 2.73. The molecule has 0 aromatic carbocycles. The van der Waals surface area contributed by atoms with Crippen LogP contribution in [0.25, 0.3) is 11.1 Å². The second-order valence-electron chi connectivity index (χ2n) is 5.54. The summed E-state index contributed by atoms with van der Waals surface area (Å²) in [5.41, 5.74) is 5.62. The van der Waals surface area contributed by atoms with E-state index in [1.807, 2.05) is 0 Å². The molecule has 84 valence electrons. The molecule has 0 amide bonds. The molecule has 2 aliphatic carbocycles. The van der Waals surface area contributed by atoms with Gasteiger partial charge in [-0.25, -0.2) is 0 Å². The van der Waals surface area contributed by atoms with Gasteiger partial charge in [-0.05, 0) is 29.7 Å². The average Bonchev–Trinajstić information content (AvgIpc) is 2.39. The molecule has 16 heavy (non-hydrogen) atoms. The van der Waals surface area contributed by atoms with E-state index in [2.05, 4.69) is 64.5 Å². The van der Waals surface area contributed by atoms with Crippen LogP contribution in [0.2, 0.25) is 0 Å². The van der Waals surface area contributed by atoms with Crippen molar-refractivity contribution in [3.8, 4) is 11.1 Å². The van der Waals surface area contributed by atoms with Crippen LogP contribution in [0.15, 0.2) is 36.4 Å². The maximum atomic E-state index is 2.33. The summed E-state index contributed by atoms with van der Waals surface area (Å²) in [6.45, 7) is 3.27. The first-order valence-electron chi connectivity index (χ1n) is 5.75. The number of hydrogen-bond donors (Lipinski definition) is 0. The van der Waals surface area contributed by atoms with Gasteiger partial charge in [0.2, 0.25) is 0 Å². The van der Waals surface area contributed by atoms with E-state index < -0.39 is 0 Å². The Labute approximate surface area is 98.3 Å². The fourth-order valence-corrected chi connectivity index (χ4v) is 2.23. The summed E-state index contributed by atoms with van der Waals surface area (Å²) in [6, 6.07) is 13.1. The summed E-state index contributed by atoms with van der Waals surface area (Å²) in [5, 5.41) is 0. The van der Waals surface area contributed by atoms with Gasteiger partial charge < -0.3 is 4.48 Å². The van der Waals surface area contributed by atoms with Crippen LogP contribution in [0.1, 0.15) is 11.1 Å². The van der Waals surface area contributed by atoms with Gasteiger partial charge in [-0.15, -0.1) is 0 Å². The Morgan fingerprint density at radius 2 is 1.56 bits per heavy atom. The molecule has 0 aromatic heterocycles. The maximum Gasteiger partial charge on any atom is 0.104 e. The van der Waals surface area contributed by atoms with Crippen molar-refractivity contribution in [2.75, 3.05) is 21.1 Å². The van der Waals surface area contributed by atoms with Crippen LogP contribution in [0.5, 0.6) is 0 Å². The fourth-order valence-electron chi connectivity index (χ4n) is 2.23. The van der Waals surface area contributed by atoms with E-state index in [4.69, 9.17) is 0 Å². The molecule has 1 heteroatoms. The van der Waals surface area contributed by atoms with E-state index in [-0.39, 0.29) is 0 Å². The number of rotatable bonds is 2. The number of fused-ring (bicyclic) bond motifs is 1. The lowest BCUT2D eigenvalue weighted by Crippen LogP contribution is -2.33. The van der Waals surface area contributed by atoms with Gasteiger partial charge in [0.05, 0.1) is 21.1 Å². The quantitative estimate of drug-likeness (QED) is 0.673. The molecule has 2 rings (SSSR count). The predicted molar refractivity (Wildman–Crippen MR) is 69.5 cm³/mol. The third-order valence-corrected chi connectivity index (χ3v) is 2.84. The van der Waals surface area contributed by atoms with Crippen LogP contribution in [-0.4, -0.2) is 25.6 Å². The number of aryl methyl sites for hydroxylation is 1. The second-order valence-corrected chi connectivity index (χ2v) is 5.54. The molecule has 0 aliphatic heterocycles. The summed E-state index contributed by atoms with van der Waals surface area (Å²) >= 11 is 0. The van der Waals surface area contributed by atoms with Crippen molar-refractivity contribution < 1.29 is 4.48 Å². The highest BCUT2D eigenvalue weighted by molar-refractivity contribution is 5.74. The summed E-state index contributed by atoms with van der Waals surface area (Å²) in [7, 11) is 6.70. The third kappa shape index (κ3) is 2.25. The zero-order valence-electron chi connectivity index (χ0n) is 10.6. The van der Waals surface area contributed by atoms with Gasteiger partial charge in [0.25, 0.3) is 0 Å². The van der Waals surface area contributed by atoms with E-state index in [0.717, 1.165) is 11.0 Å². The van der Waals surface area contributed by atoms with Gasteiger partial charge in [-0.3, -0.25) is 0 Å². The lowest BCUT2D eigenvalue weighted by Gasteiger charge is -2.23. The number of nitrogens with zero attached hydrogens (tertiary/aromatic N) is 1. The van der Waals surface area contributed by atoms with E-state index in [9.17, 15) is 0 Å². The van der Waals surface area contributed by atoms with E-state index in [1.165, 1.54) is 22.3 Å². The Bertz CT molecular complexity index is 466. The molecule has 0 spiro atoms. The Balaban J connectivity index is 2.50. The van der Waals surface area contributed by atoms with Crippen LogP contribution in [0.4, 0.5) is 0 Å². The molecule has 0 heterocycles. The summed E-state index contributed by atoms with van der Waals surface area (Å²) in [6.07, 6.45) is 0. The van der Waals surface area contributed by atoms with E-state index in [1.54, 1.807) is 0 Å². The van der Waals surface area contributed by atoms with Crippen LogP contribution in [-0.2, 0) is 6.54 Å². The molecular formula is C15H20N+. The molecule has 0 N–H and O–H groups in total. The Morgan fingerprint density at radius 1 is 0.938 bits per heavy atom. The molecule has 0 fully saturated rings. The first-order valence-corrected chi connectivity index (χ1v) is 5.75. The fraction of sp³-hybridized carbons (Fsp3) is 0.333. The highest BCUT2D eigenvalue weighted by atomic mass is 15.3. The van der Waals surface area contributed by atoms with Crippen LogP contribution >= 0.6 is 0 Å². The van der Waals surface area contributed by atoms with Crippen molar-refractivity contribution in [1.82, 2.24) is 0 Å². The summed E-state index contributed by atoms with van der Waals surface area (Å²) in [4.78, 5) is 0. The van der Waals surface area contributed by atoms with Crippen molar-refractivity contribution >= 4 is 0 Å². The molecular weight excluding hydrogens is 194 g/mol. The van der Waals surface area contributed by atoms with Crippen molar-refractivity contribution in [3.05, 3.63) is 47.5 Å². The monoisotopic (exact) mass is 214 g/mol. The molecule has 0 unspecified atom stereocenters. The molecule has 2 aliphatic rings. The van der Waals surface area contributed by atoms with Crippen molar-refractivity contribution in [1.29, 1.82) is 0 Å². The minimum atomic E-state index is 0.969. The minimum Gasteiger partial charge on any atom is -0.327 e. The third-order valence-electron chi connectivity index (χ3n) is 2.84. The first-order chi connectivity index (χ1) is 7.47. The highest BCUT2D eigenvalue weighted by Gasteiger charge is 2.17. The smallest absolute Gasteiger partial charge is 0.104 e. The topological polar surface area (TPSA) is 0 Å². The van der Waals surface area contributed by atoms with Crippen molar-refractivity contribution in [2.45, 2.75) is 13.5 Å². The first kappa shape index (κ1) is 11.2. The average molecular weight is 214 g/mol. The number of quaternary nitrogens is 1. The number of hydrogen-bond acceptors (Lipinski definition) is 0. The maximum absolute atomic E-state index is 2.33. The molecule has 0 saturated carbocycles. The van der Waals surface area contributed by atoms with Crippen LogP contribution in [0, 0.1) is 6.92 Å². The van der Waals surface area contributed by atoms with E-state index >= 15 is 0 Å². The predicted octanol–water partition coefficient (Wildman–Crippen LogP) is 3.31. The SMILES string of the molecule is Cc1cc(C[N+](C)(C)C)c2cccccc1-2. The normalized spacial score (nSPS) is 12.0.